The Morgan fingerprint density at radius 2 is 2.31 bits per heavy atom. The third-order valence-electron chi connectivity index (χ3n) is 1.57. The number of benzene rings is 1. The van der Waals surface area contributed by atoms with Crippen molar-refractivity contribution in [3.05, 3.63) is 23.5 Å². The Morgan fingerprint density at radius 1 is 1.62 bits per heavy atom. The number of nitriles is 1. The van der Waals surface area contributed by atoms with Gasteiger partial charge in [0.1, 0.15) is 0 Å². The number of nitrogens with zero attached hydrogens (tertiary/aromatic N) is 1. The van der Waals surface area contributed by atoms with Gasteiger partial charge in [-0.1, -0.05) is 0 Å². The number of hydrogen-bond donors (Lipinski definition) is 1. The first kappa shape index (κ1) is 9.33. The van der Waals surface area contributed by atoms with E-state index in [0.29, 0.717) is 5.56 Å². The van der Waals surface area contributed by atoms with Crippen LogP contribution in [-0.2, 0) is 6.42 Å². The summed E-state index contributed by atoms with van der Waals surface area (Å²) in [6.45, 7) is 0. The first-order chi connectivity index (χ1) is 6.19. The summed E-state index contributed by atoms with van der Waals surface area (Å²) in [6.07, 6.45) is 0.0640. The number of phenols is 1. The minimum absolute atomic E-state index is 0.0640. The number of phenolic OH excluding ortho intramolecular Hbond substituents is 1. The number of rotatable bonds is 2. The van der Waals surface area contributed by atoms with Gasteiger partial charge in [-0.25, -0.2) is 4.39 Å². The summed E-state index contributed by atoms with van der Waals surface area (Å²) in [5.41, 5.74) is 0.429. The van der Waals surface area contributed by atoms with E-state index in [4.69, 9.17) is 5.26 Å². The molecule has 0 bridgehead atoms. The van der Waals surface area contributed by atoms with Gasteiger partial charge in [-0.05, 0) is 17.7 Å². The fraction of sp³-hybridized carbons (Fsp3) is 0.222. The maximum atomic E-state index is 13.0. The lowest BCUT2D eigenvalue weighted by atomic mass is 10.1. The fourth-order valence-corrected chi connectivity index (χ4v) is 1.03. The highest BCUT2D eigenvalue weighted by atomic mass is 19.1. The van der Waals surface area contributed by atoms with Gasteiger partial charge in [-0.2, -0.15) is 5.26 Å². The average Bonchev–Trinajstić information content (AvgIpc) is 2.04. The molecule has 0 unspecified atom stereocenters. The van der Waals surface area contributed by atoms with E-state index >= 15 is 0 Å². The molecule has 0 saturated heterocycles. The molecule has 0 fully saturated rings. The molecule has 1 aromatic carbocycles. The topological polar surface area (TPSA) is 53.2 Å². The molecule has 0 radical (unpaired) electrons. The van der Waals surface area contributed by atoms with Gasteiger partial charge in [0, 0.05) is 0 Å². The summed E-state index contributed by atoms with van der Waals surface area (Å²) in [4.78, 5) is 0. The van der Waals surface area contributed by atoms with Crippen molar-refractivity contribution in [3.63, 3.8) is 0 Å². The van der Waals surface area contributed by atoms with Crippen molar-refractivity contribution in [1.29, 1.82) is 5.26 Å². The monoisotopic (exact) mass is 181 g/mol. The van der Waals surface area contributed by atoms with Gasteiger partial charge >= 0.3 is 0 Å². The summed E-state index contributed by atoms with van der Waals surface area (Å²) in [5, 5.41) is 17.6. The van der Waals surface area contributed by atoms with Crippen molar-refractivity contribution >= 4 is 0 Å². The van der Waals surface area contributed by atoms with E-state index in [0.717, 1.165) is 0 Å². The molecule has 0 aromatic heterocycles. The molecule has 0 aliphatic heterocycles. The number of halogens is 1. The fourth-order valence-electron chi connectivity index (χ4n) is 1.03. The molecule has 0 aliphatic carbocycles. The average molecular weight is 181 g/mol. The van der Waals surface area contributed by atoms with Crippen LogP contribution in [0.3, 0.4) is 0 Å². The maximum Gasteiger partial charge on any atom is 0.196 e. The standard InChI is InChI=1S/C9H8FNO2/c1-13-9-7(10)4-6(2-3-11)5-8(9)12/h4-5,12H,2H2,1H3. The van der Waals surface area contributed by atoms with E-state index in [1.807, 2.05) is 6.07 Å². The second-order valence-electron chi connectivity index (χ2n) is 2.46. The molecule has 0 amide bonds. The van der Waals surface area contributed by atoms with Crippen molar-refractivity contribution in [2.75, 3.05) is 7.11 Å². The van der Waals surface area contributed by atoms with Crippen molar-refractivity contribution in [2.45, 2.75) is 6.42 Å². The second kappa shape index (κ2) is 3.76. The predicted octanol–water partition coefficient (Wildman–Crippen LogP) is 1.61. The molecule has 1 N–H and O–H groups in total. The summed E-state index contributed by atoms with van der Waals surface area (Å²) in [6, 6.07) is 4.34. The molecular weight excluding hydrogens is 173 g/mol. The van der Waals surface area contributed by atoms with Gasteiger partial charge in [0.25, 0.3) is 0 Å². The van der Waals surface area contributed by atoms with Gasteiger partial charge in [-0.3, -0.25) is 0 Å². The van der Waals surface area contributed by atoms with E-state index in [2.05, 4.69) is 4.74 Å². The quantitative estimate of drug-likeness (QED) is 0.754. The molecule has 4 heteroatoms. The maximum absolute atomic E-state index is 13.0. The van der Waals surface area contributed by atoms with Crippen LogP contribution in [0.5, 0.6) is 11.5 Å². The van der Waals surface area contributed by atoms with Crippen molar-refractivity contribution < 1.29 is 14.2 Å². The lowest BCUT2D eigenvalue weighted by Gasteiger charge is -2.05. The normalized spacial score (nSPS) is 9.31. The highest BCUT2D eigenvalue weighted by Crippen LogP contribution is 2.30. The number of methoxy groups -OCH3 is 1. The van der Waals surface area contributed by atoms with Crippen LogP contribution in [0.15, 0.2) is 12.1 Å². The highest BCUT2D eigenvalue weighted by molar-refractivity contribution is 5.43. The number of aromatic hydroxyl groups is 1. The SMILES string of the molecule is COc1c(O)cc(CC#N)cc1F. The van der Waals surface area contributed by atoms with E-state index in [9.17, 15) is 9.50 Å². The van der Waals surface area contributed by atoms with Crippen molar-refractivity contribution in [3.8, 4) is 17.6 Å². The van der Waals surface area contributed by atoms with Gasteiger partial charge in [0.2, 0.25) is 0 Å². The second-order valence-corrected chi connectivity index (χ2v) is 2.46. The molecule has 1 aromatic rings. The van der Waals surface area contributed by atoms with Crippen LogP contribution >= 0.6 is 0 Å². The third-order valence-corrected chi connectivity index (χ3v) is 1.57. The highest BCUT2D eigenvalue weighted by Gasteiger charge is 2.09. The molecule has 3 nitrogen and oxygen atoms in total. The molecule has 0 aliphatic rings. The molecule has 0 saturated carbocycles. The summed E-state index contributed by atoms with van der Waals surface area (Å²) < 4.78 is 17.6. The van der Waals surface area contributed by atoms with Gasteiger partial charge in [0.05, 0.1) is 19.6 Å². The Hall–Kier alpha value is -1.76. The minimum atomic E-state index is -0.659. The summed E-state index contributed by atoms with van der Waals surface area (Å²) >= 11 is 0. The van der Waals surface area contributed by atoms with Crippen LogP contribution in [0, 0.1) is 17.1 Å². The number of ether oxygens (including phenoxy) is 1. The van der Waals surface area contributed by atoms with Crippen LogP contribution in [0.2, 0.25) is 0 Å². The van der Waals surface area contributed by atoms with Crippen molar-refractivity contribution in [1.82, 2.24) is 0 Å². The lowest BCUT2D eigenvalue weighted by molar-refractivity contribution is 0.351. The first-order valence-corrected chi connectivity index (χ1v) is 3.61. The van der Waals surface area contributed by atoms with Gasteiger partial charge in [-0.15, -0.1) is 0 Å². The Labute approximate surface area is 75.0 Å². The molecule has 0 atom stereocenters. The lowest BCUT2D eigenvalue weighted by Crippen LogP contribution is -1.91. The zero-order chi connectivity index (χ0) is 9.84. The van der Waals surface area contributed by atoms with Crippen LogP contribution < -0.4 is 4.74 Å². The smallest absolute Gasteiger partial charge is 0.196 e. The molecule has 13 heavy (non-hydrogen) atoms. The van der Waals surface area contributed by atoms with Gasteiger partial charge in [0.15, 0.2) is 17.3 Å². The van der Waals surface area contributed by atoms with Crippen molar-refractivity contribution in [2.24, 2.45) is 0 Å². The molecular formula is C9H8FNO2. The zero-order valence-corrected chi connectivity index (χ0v) is 7.04. The minimum Gasteiger partial charge on any atom is -0.504 e. The summed E-state index contributed by atoms with van der Waals surface area (Å²) in [7, 11) is 1.27. The van der Waals surface area contributed by atoms with Crippen LogP contribution in [0.25, 0.3) is 0 Å². The largest absolute Gasteiger partial charge is 0.504 e. The molecule has 68 valence electrons. The van der Waals surface area contributed by atoms with Crippen LogP contribution in [0.4, 0.5) is 4.39 Å². The number of hydrogen-bond acceptors (Lipinski definition) is 3. The Morgan fingerprint density at radius 3 is 2.77 bits per heavy atom. The Bertz CT molecular complexity index is 334. The molecule has 0 spiro atoms. The van der Waals surface area contributed by atoms with E-state index in [-0.39, 0.29) is 17.9 Å². The third kappa shape index (κ3) is 1.88. The van der Waals surface area contributed by atoms with Gasteiger partial charge < -0.3 is 9.84 Å². The van der Waals surface area contributed by atoms with E-state index < -0.39 is 5.82 Å². The predicted molar refractivity (Wildman–Crippen MR) is 43.9 cm³/mol. The Balaban J connectivity index is 3.14. The first-order valence-electron chi connectivity index (χ1n) is 3.61. The van der Waals surface area contributed by atoms with Crippen LogP contribution in [0.1, 0.15) is 5.56 Å². The Kier molecular flexibility index (Phi) is 2.70. The molecule has 0 heterocycles. The van der Waals surface area contributed by atoms with E-state index in [1.54, 1.807) is 0 Å². The molecule has 1 rings (SSSR count). The zero-order valence-electron chi connectivity index (χ0n) is 7.04. The van der Waals surface area contributed by atoms with E-state index in [1.165, 1.54) is 19.2 Å². The summed E-state index contributed by atoms with van der Waals surface area (Å²) in [5.74, 6) is -1.14. The van der Waals surface area contributed by atoms with Crippen LogP contribution in [-0.4, -0.2) is 12.2 Å².